The topological polar surface area (TPSA) is 47.1 Å². The molecule has 1 aliphatic rings. The number of nitrogen functional groups attached to an aromatic ring is 1. The molecule has 0 bridgehead atoms. The molecule has 2 N–H and O–H groups in total. The molecule has 0 amide bonds. The third-order valence-electron chi connectivity index (χ3n) is 6.05. The van der Waals surface area contributed by atoms with Crippen LogP contribution in [0.4, 0.5) is 11.4 Å². The summed E-state index contributed by atoms with van der Waals surface area (Å²) in [6.45, 7) is 13.1. The van der Waals surface area contributed by atoms with Crippen LogP contribution in [-0.4, -0.2) is 22.9 Å². The number of aromatic nitrogens is 2. The van der Waals surface area contributed by atoms with E-state index in [0.29, 0.717) is 0 Å². The highest BCUT2D eigenvalue weighted by Gasteiger charge is 2.25. The van der Waals surface area contributed by atoms with E-state index in [1.165, 1.54) is 30.5 Å². The van der Waals surface area contributed by atoms with Crippen molar-refractivity contribution in [3.05, 3.63) is 78.0 Å². The van der Waals surface area contributed by atoms with Crippen molar-refractivity contribution < 1.29 is 0 Å². The van der Waals surface area contributed by atoms with Crippen molar-refractivity contribution in [3.8, 4) is 11.3 Å². The Hall–Kier alpha value is -3.27. The van der Waals surface area contributed by atoms with E-state index >= 15 is 0 Å². The summed E-state index contributed by atoms with van der Waals surface area (Å²) in [5.41, 5.74) is 15.5. The first-order valence-electron chi connectivity index (χ1n) is 11.1. The molecule has 2 heterocycles. The third kappa shape index (κ3) is 4.15. The number of hydrogen-bond acceptors (Lipinski definition) is 3. The maximum atomic E-state index is 5.92. The summed E-state index contributed by atoms with van der Waals surface area (Å²) in [5.74, 6) is 0. The zero-order valence-corrected chi connectivity index (χ0v) is 18.9. The van der Waals surface area contributed by atoms with Gasteiger partial charge in [0.15, 0.2) is 0 Å². The maximum Gasteiger partial charge on any atom is 0.116 e. The summed E-state index contributed by atoms with van der Waals surface area (Å²) in [4.78, 5) is 2.50. The lowest BCUT2D eigenvalue weighted by atomic mass is 9.98. The fourth-order valence-electron chi connectivity index (χ4n) is 4.54. The van der Waals surface area contributed by atoms with Crippen molar-refractivity contribution in [2.24, 2.45) is 0 Å². The van der Waals surface area contributed by atoms with Crippen LogP contribution in [0.5, 0.6) is 0 Å². The normalized spacial score (nSPS) is 13.8. The van der Waals surface area contributed by atoms with Gasteiger partial charge >= 0.3 is 0 Å². The van der Waals surface area contributed by atoms with E-state index in [0.717, 1.165) is 52.6 Å². The molecule has 1 aromatic heterocycles. The van der Waals surface area contributed by atoms with Crippen LogP contribution in [0.3, 0.4) is 0 Å². The summed E-state index contributed by atoms with van der Waals surface area (Å²) in [5, 5.41) is 5.12. The van der Waals surface area contributed by atoms with Crippen LogP contribution in [-0.2, 0) is 0 Å². The number of nitrogens with two attached hydrogens (primary N) is 1. The highest BCUT2D eigenvalue weighted by Crippen LogP contribution is 2.38. The molecule has 0 spiro atoms. The fraction of sp³-hybridized carbons (Fsp3) is 0.296. The molecule has 0 aliphatic carbocycles. The zero-order valence-electron chi connectivity index (χ0n) is 18.9. The Balaban J connectivity index is 1.84. The second-order valence-corrected chi connectivity index (χ2v) is 8.55. The molecule has 0 radical (unpaired) electrons. The lowest BCUT2D eigenvalue weighted by Crippen LogP contribution is -2.30. The average molecular weight is 413 g/mol. The van der Waals surface area contributed by atoms with Gasteiger partial charge in [-0.25, -0.2) is 4.68 Å². The first-order valence-corrected chi connectivity index (χ1v) is 11.1. The zero-order chi connectivity index (χ0) is 22.0. The number of rotatable bonds is 5. The van der Waals surface area contributed by atoms with E-state index in [-0.39, 0.29) is 0 Å². The minimum absolute atomic E-state index is 0.761. The van der Waals surface area contributed by atoms with Gasteiger partial charge in [-0.3, -0.25) is 0 Å². The van der Waals surface area contributed by atoms with Crippen LogP contribution in [0.2, 0.25) is 0 Å². The van der Waals surface area contributed by atoms with Gasteiger partial charge in [0, 0.05) is 29.9 Å². The Morgan fingerprint density at radius 2 is 1.58 bits per heavy atom. The molecule has 1 fully saturated rings. The van der Waals surface area contributed by atoms with Gasteiger partial charge in [0.2, 0.25) is 0 Å². The van der Waals surface area contributed by atoms with Crippen molar-refractivity contribution in [2.75, 3.05) is 23.7 Å². The molecule has 160 valence electrons. The first-order chi connectivity index (χ1) is 15.0. The van der Waals surface area contributed by atoms with Crippen molar-refractivity contribution in [3.63, 3.8) is 0 Å². The minimum Gasteiger partial charge on any atom is -0.399 e. The predicted molar refractivity (Wildman–Crippen MR) is 133 cm³/mol. The molecule has 31 heavy (non-hydrogen) atoms. The molecule has 1 saturated heterocycles. The standard InChI is InChI=1S/C27H32N4/c1-19(2)25(22-13-15-24(28)16-14-22)20(3)31-21(4)27(30-17-9-6-10-18-30)26(29-31)23-11-7-5-8-12-23/h5,7-8,11-16H,3,6,9-10,17-18,28H2,1-2,4H3. The molecular formula is C27H32N4. The lowest BCUT2D eigenvalue weighted by Gasteiger charge is -2.29. The van der Waals surface area contributed by atoms with Gasteiger partial charge in [0.05, 0.1) is 17.1 Å². The van der Waals surface area contributed by atoms with Gasteiger partial charge < -0.3 is 10.6 Å². The monoisotopic (exact) mass is 412 g/mol. The summed E-state index contributed by atoms with van der Waals surface area (Å²) >= 11 is 0. The quantitative estimate of drug-likeness (QED) is 0.390. The molecule has 4 nitrogen and oxygen atoms in total. The van der Waals surface area contributed by atoms with Crippen molar-refractivity contribution in [2.45, 2.75) is 40.0 Å². The summed E-state index contributed by atoms with van der Waals surface area (Å²) in [6, 6.07) is 18.5. The van der Waals surface area contributed by atoms with E-state index in [9.17, 15) is 0 Å². The lowest BCUT2D eigenvalue weighted by molar-refractivity contribution is 0.577. The van der Waals surface area contributed by atoms with Gasteiger partial charge in [-0.2, -0.15) is 5.10 Å². The minimum atomic E-state index is 0.761. The third-order valence-corrected chi connectivity index (χ3v) is 6.05. The first kappa shape index (κ1) is 21.0. The van der Waals surface area contributed by atoms with Crippen LogP contribution in [0.1, 0.15) is 44.4 Å². The van der Waals surface area contributed by atoms with E-state index in [2.05, 4.69) is 74.7 Å². The second kappa shape index (κ2) is 8.84. The van der Waals surface area contributed by atoms with Crippen LogP contribution in [0, 0.1) is 6.92 Å². The molecule has 0 saturated carbocycles. The largest absolute Gasteiger partial charge is 0.399 e. The van der Waals surface area contributed by atoms with Gasteiger partial charge in [-0.15, -0.1) is 0 Å². The molecule has 0 unspecified atom stereocenters. The number of benzene rings is 2. The predicted octanol–water partition coefficient (Wildman–Crippen LogP) is 6.40. The Bertz CT molecular complexity index is 1090. The number of hydrogen-bond donors (Lipinski definition) is 1. The Morgan fingerprint density at radius 1 is 0.935 bits per heavy atom. The van der Waals surface area contributed by atoms with Crippen molar-refractivity contribution >= 4 is 22.6 Å². The van der Waals surface area contributed by atoms with Crippen LogP contribution >= 0.6 is 0 Å². The Morgan fingerprint density at radius 3 is 2.19 bits per heavy atom. The highest BCUT2D eigenvalue weighted by atomic mass is 15.3. The molecule has 4 heteroatoms. The van der Waals surface area contributed by atoms with E-state index in [1.807, 2.05) is 16.8 Å². The van der Waals surface area contributed by atoms with Crippen molar-refractivity contribution in [1.29, 1.82) is 0 Å². The van der Waals surface area contributed by atoms with Gasteiger partial charge in [0.25, 0.3) is 0 Å². The SMILES string of the molecule is C=C(C(=C(C)C)c1ccc(N)cc1)n1nc(-c2ccccc2)c(N2CCCCC2)c1C. The van der Waals surface area contributed by atoms with E-state index in [4.69, 9.17) is 10.8 Å². The van der Waals surface area contributed by atoms with Crippen LogP contribution in [0.25, 0.3) is 22.5 Å². The Kier molecular flexibility index (Phi) is 5.99. The maximum absolute atomic E-state index is 5.92. The smallest absolute Gasteiger partial charge is 0.116 e. The molecule has 4 rings (SSSR count). The van der Waals surface area contributed by atoms with Gasteiger partial charge in [0.1, 0.15) is 5.69 Å². The van der Waals surface area contributed by atoms with Gasteiger partial charge in [-0.05, 0) is 57.7 Å². The Labute approximate surface area is 185 Å². The number of piperidine rings is 1. The van der Waals surface area contributed by atoms with Crippen molar-refractivity contribution in [1.82, 2.24) is 9.78 Å². The molecule has 0 atom stereocenters. The van der Waals surface area contributed by atoms with Crippen LogP contribution < -0.4 is 10.6 Å². The number of anilines is 2. The molecule has 3 aromatic rings. The summed E-state index contributed by atoms with van der Waals surface area (Å²) < 4.78 is 2.03. The second-order valence-electron chi connectivity index (χ2n) is 8.55. The number of nitrogens with zero attached hydrogens (tertiary/aromatic N) is 3. The van der Waals surface area contributed by atoms with Gasteiger partial charge in [-0.1, -0.05) is 54.6 Å². The average Bonchev–Trinajstić information content (AvgIpc) is 3.13. The van der Waals surface area contributed by atoms with E-state index in [1.54, 1.807) is 0 Å². The highest BCUT2D eigenvalue weighted by molar-refractivity contribution is 5.99. The summed E-state index contributed by atoms with van der Waals surface area (Å²) in [7, 11) is 0. The van der Waals surface area contributed by atoms with Crippen LogP contribution in [0.15, 0.2) is 66.7 Å². The molecule has 2 aromatic carbocycles. The molecule has 1 aliphatic heterocycles. The molecular weight excluding hydrogens is 380 g/mol. The van der Waals surface area contributed by atoms with E-state index < -0.39 is 0 Å². The fourth-order valence-corrected chi connectivity index (χ4v) is 4.54. The summed E-state index contributed by atoms with van der Waals surface area (Å²) in [6.07, 6.45) is 3.75. The number of allylic oxidation sites excluding steroid dienone is 3.